The molecule has 3 aromatic rings. The van der Waals surface area contributed by atoms with Gasteiger partial charge in [0.1, 0.15) is 12.0 Å². The van der Waals surface area contributed by atoms with E-state index in [0.29, 0.717) is 31.5 Å². The van der Waals surface area contributed by atoms with E-state index < -0.39 is 6.10 Å². The van der Waals surface area contributed by atoms with Crippen LogP contribution in [0.3, 0.4) is 0 Å². The highest BCUT2D eigenvalue weighted by atomic mass is 127. The van der Waals surface area contributed by atoms with Gasteiger partial charge in [0.2, 0.25) is 5.89 Å². The topological polar surface area (TPSA) is 91.9 Å². The van der Waals surface area contributed by atoms with Crippen LogP contribution in [-0.2, 0) is 11.3 Å². The Morgan fingerprint density at radius 1 is 1.12 bits per heavy atom. The Labute approximate surface area is 212 Å². The van der Waals surface area contributed by atoms with Gasteiger partial charge in [0.05, 0.1) is 25.4 Å². The fraction of sp³-hybridized carbons (Fsp3) is 0.360. The molecule has 3 rings (SSSR count). The SMILES string of the molecule is CCNC(=NCc1coc(-c2ccc(C)cc2)n1)NCC(O)COC(C)c1ccccc1.I. The minimum atomic E-state index is -0.662. The number of ether oxygens (including phenoxy) is 1. The molecule has 178 valence electrons. The Morgan fingerprint density at radius 3 is 2.55 bits per heavy atom. The number of oxazole rings is 1. The molecular formula is C25H33IN4O3. The van der Waals surface area contributed by atoms with Crippen LogP contribution in [0.15, 0.2) is 70.3 Å². The van der Waals surface area contributed by atoms with Gasteiger partial charge in [-0.25, -0.2) is 9.98 Å². The lowest BCUT2D eigenvalue weighted by atomic mass is 10.1. The Hall–Kier alpha value is -2.43. The van der Waals surface area contributed by atoms with Crippen LogP contribution in [0.1, 0.15) is 36.8 Å². The van der Waals surface area contributed by atoms with E-state index in [2.05, 4.69) is 20.6 Å². The number of benzene rings is 2. The van der Waals surface area contributed by atoms with Crippen molar-refractivity contribution >= 4 is 29.9 Å². The predicted molar refractivity (Wildman–Crippen MR) is 142 cm³/mol. The molecule has 0 aliphatic carbocycles. The molecule has 0 aliphatic rings. The Bertz CT molecular complexity index is 977. The van der Waals surface area contributed by atoms with Gasteiger partial charge in [-0.2, -0.15) is 0 Å². The summed E-state index contributed by atoms with van der Waals surface area (Å²) in [5.41, 5.74) is 3.94. The van der Waals surface area contributed by atoms with Gasteiger partial charge in [-0.1, -0.05) is 48.0 Å². The second kappa shape index (κ2) is 14.0. The van der Waals surface area contributed by atoms with Crippen LogP contribution in [-0.4, -0.2) is 41.9 Å². The van der Waals surface area contributed by atoms with Crippen molar-refractivity contribution in [3.63, 3.8) is 0 Å². The molecule has 7 nitrogen and oxygen atoms in total. The smallest absolute Gasteiger partial charge is 0.226 e. The van der Waals surface area contributed by atoms with Gasteiger partial charge in [0.15, 0.2) is 5.96 Å². The van der Waals surface area contributed by atoms with E-state index >= 15 is 0 Å². The van der Waals surface area contributed by atoms with Gasteiger partial charge in [0, 0.05) is 18.7 Å². The lowest BCUT2D eigenvalue weighted by Crippen LogP contribution is -2.42. The number of hydrogen-bond acceptors (Lipinski definition) is 5. The third-order valence-corrected chi connectivity index (χ3v) is 4.91. The molecule has 0 saturated carbocycles. The van der Waals surface area contributed by atoms with E-state index in [4.69, 9.17) is 9.15 Å². The van der Waals surface area contributed by atoms with Crippen molar-refractivity contribution in [1.82, 2.24) is 15.6 Å². The maximum atomic E-state index is 10.3. The summed E-state index contributed by atoms with van der Waals surface area (Å²) in [6, 6.07) is 18.0. The highest BCUT2D eigenvalue weighted by Crippen LogP contribution is 2.19. The molecule has 3 N–H and O–H groups in total. The first-order chi connectivity index (χ1) is 15.5. The number of aliphatic hydroxyl groups is 1. The first kappa shape index (κ1) is 26.8. The van der Waals surface area contributed by atoms with Gasteiger partial charge in [-0.15, -0.1) is 24.0 Å². The zero-order valence-corrected chi connectivity index (χ0v) is 21.7. The lowest BCUT2D eigenvalue weighted by Gasteiger charge is -2.18. The maximum Gasteiger partial charge on any atom is 0.226 e. The molecular weight excluding hydrogens is 531 g/mol. The normalized spacial score (nSPS) is 13.2. The van der Waals surface area contributed by atoms with Crippen LogP contribution in [0.2, 0.25) is 0 Å². The summed E-state index contributed by atoms with van der Waals surface area (Å²) in [5.74, 6) is 1.18. The molecule has 0 radical (unpaired) electrons. The first-order valence-electron chi connectivity index (χ1n) is 10.9. The van der Waals surface area contributed by atoms with E-state index in [9.17, 15) is 5.11 Å². The average Bonchev–Trinajstić information content (AvgIpc) is 3.29. The largest absolute Gasteiger partial charge is 0.444 e. The van der Waals surface area contributed by atoms with E-state index in [-0.39, 0.29) is 36.7 Å². The van der Waals surface area contributed by atoms with E-state index in [1.165, 1.54) is 5.56 Å². The summed E-state index contributed by atoms with van der Waals surface area (Å²) in [6.45, 7) is 7.63. The second-order valence-electron chi connectivity index (χ2n) is 7.63. The van der Waals surface area contributed by atoms with Crippen LogP contribution in [0, 0.1) is 6.92 Å². The van der Waals surface area contributed by atoms with Crippen LogP contribution in [0.4, 0.5) is 0 Å². The fourth-order valence-corrected chi connectivity index (χ4v) is 3.06. The zero-order valence-electron chi connectivity index (χ0n) is 19.3. The molecule has 0 fully saturated rings. The monoisotopic (exact) mass is 564 g/mol. The van der Waals surface area contributed by atoms with Crippen molar-refractivity contribution in [3.8, 4) is 11.5 Å². The van der Waals surface area contributed by atoms with Gasteiger partial charge in [-0.05, 0) is 38.5 Å². The number of hydrogen-bond donors (Lipinski definition) is 3. The number of nitrogens with zero attached hydrogens (tertiary/aromatic N) is 2. The molecule has 0 aliphatic heterocycles. The molecule has 1 heterocycles. The summed E-state index contributed by atoms with van der Waals surface area (Å²) < 4.78 is 11.4. The molecule has 0 spiro atoms. The molecule has 2 unspecified atom stereocenters. The number of nitrogens with one attached hydrogen (secondary N) is 2. The Kier molecular flexibility index (Phi) is 11.4. The third-order valence-electron chi connectivity index (χ3n) is 4.91. The maximum absolute atomic E-state index is 10.3. The zero-order chi connectivity index (χ0) is 22.8. The van der Waals surface area contributed by atoms with Crippen molar-refractivity contribution in [2.45, 2.75) is 39.5 Å². The minimum Gasteiger partial charge on any atom is -0.444 e. The molecule has 33 heavy (non-hydrogen) atoms. The third kappa shape index (κ3) is 8.79. The molecule has 0 amide bonds. The van der Waals surface area contributed by atoms with Crippen molar-refractivity contribution in [3.05, 3.63) is 77.7 Å². The summed E-state index contributed by atoms with van der Waals surface area (Å²) >= 11 is 0. The fourth-order valence-electron chi connectivity index (χ4n) is 3.06. The average molecular weight is 564 g/mol. The van der Waals surface area contributed by atoms with Gasteiger partial charge < -0.3 is 24.9 Å². The molecule has 0 saturated heterocycles. The van der Waals surface area contributed by atoms with Crippen LogP contribution >= 0.6 is 24.0 Å². The predicted octanol–water partition coefficient (Wildman–Crippen LogP) is 4.46. The van der Waals surface area contributed by atoms with Crippen molar-refractivity contribution in [2.75, 3.05) is 19.7 Å². The van der Waals surface area contributed by atoms with Crippen molar-refractivity contribution < 1.29 is 14.3 Å². The summed E-state index contributed by atoms with van der Waals surface area (Å²) in [6.07, 6.45) is 0.878. The van der Waals surface area contributed by atoms with E-state index in [0.717, 1.165) is 16.8 Å². The highest BCUT2D eigenvalue weighted by molar-refractivity contribution is 14.0. The molecule has 1 aromatic heterocycles. The van der Waals surface area contributed by atoms with E-state index in [1.54, 1.807) is 6.26 Å². The molecule has 2 aromatic carbocycles. The molecule has 2 atom stereocenters. The summed E-state index contributed by atoms with van der Waals surface area (Å²) in [4.78, 5) is 9.06. The summed E-state index contributed by atoms with van der Waals surface area (Å²) in [5, 5.41) is 16.6. The van der Waals surface area contributed by atoms with Crippen molar-refractivity contribution in [1.29, 1.82) is 0 Å². The van der Waals surface area contributed by atoms with Crippen molar-refractivity contribution in [2.24, 2.45) is 4.99 Å². The molecule has 0 bridgehead atoms. The summed E-state index contributed by atoms with van der Waals surface area (Å²) in [7, 11) is 0. The molecule has 8 heteroatoms. The van der Waals surface area contributed by atoms with Crippen LogP contribution in [0.25, 0.3) is 11.5 Å². The Balaban J connectivity index is 0.00000385. The van der Waals surface area contributed by atoms with Crippen LogP contribution < -0.4 is 10.6 Å². The highest BCUT2D eigenvalue weighted by Gasteiger charge is 2.11. The number of aromatic nitrogens is 1. The number of aryl methyl sites for hydroxylation is 1. The number of halogens is 1. The number of guanidine groups is 1. The number of aliphatic hydroxyl groups excluding tert-OH is 1. The number of aliphatic imine (C=N–C) groups is 1. The van der Waals surface area contributed by atoms with E-state index in [1.807, 2.05) is 75.4 Å². The standard InChI is InChI=1S/C25H32N4O3.HI/c1-4-26-25(28-15-23(30)17-31-19(3)20-8-6-5-7-9-20)27-14-22-16-32-24(29-22)21-12-10-18(2)11-13-21;/h5-13,16,19,23,30H,4,14-15,17H2,1-3H3,(H2,26,27,28);1H. The van der Waals surface area contributed by atoms with Crippen LogP contribution in [0.5, 0.6) is 0 Å². The quantitative estimate of drug-likeness (QED) is 0.191. The van der Waals surface area contributed by atoms with Gasteiger partial charge in [-0.3, -0.25) is 0 Å². The number of rotatable bonds is 10. The van der Waals surface area contributed by atoms with Gasteiger partial charge >= 0.3 is 0 Å². The van der Waals surface area contributed by atoms with Gasteiger partial charge in [0.25, 0.3) is 0 Å². The minimum absolute atomic E-state index is 0. The second-order valence-corrected chi connectivity index (χ2v) is 7.63. The first-order valence-corrected chi connectivity index (χ1v) is 10.9. The Morgan fingerprint density at radius 2 is 1.85 bits per heavy atom. The lowest BCUT2D eigenvalue weighted by molar-refractivity contribution is -0.000599.